The van der Waals surface area contributed by atoms with Crippen LogP contribution in [0.3, 0.4) is 0 Å². The molecule has 0 atom stereocenters. The lowest BCUT2D eigenvalue weighted by Gasteiger charge is -2.15. The molecule has 0 saturated heterocycles. The van der Waals surface area contributed by atoms with E-state index in [2.05, 4.69) is 15.4 Å². The van der Waals surface area contributed by atoms with E-state index in [1.807, 2.05) is 0 Å². The smallest absolute Gasteiger partial charge is 0.255 e. The lowest BCUT2D eigenvalue weighted by atomic mass is 10.2. The standard InChI is InChI=1S/C17H15Cl2N5O3S/c1-23(2)28(26,27)16-7-11(3-5-13(16)19)17(25)22-14-8-12(18)4-6-15(14)24-10-20-9-21-24/h3-10H,1-2H3,(H,22,25). The molecule has 0 spiro atoms. The molecule has 1 aromatic heterocycles. The number of halogens is 2. The zero-order valence-corrected chi connectivity index (χ0v) is 17.1. The van der Waals surface area contributed by atoms with Crippen LogP contribution in [0.5, 0.6) is 0 Å². The molecule has 0 fully saturated rings. The number of amides is 1. The average molecular weight is 440 g/mol. The summed E-state index contributed by atoms with van der Waals surface area (Å²) in [6.45, 7) is 0. The summed E-state index contributed by atoms with van der Waals surface area (Å²) in [4.78, 5) is 16.5. The van der Waals surface area contributed by atoms with E-state index in [9.17, 15) is 13.2 Å². The number of carbonyl (C=O) groups excluding carboxylic acids is 1. The van der Waals surface area contributed by atoms with Crippen molar-refractivity contribution in [3.05, 3.63) is 64.7 Å². The number of sulfonamides is 1. The Morgan fingerprint density at radius 2 is 1.89 bits per heavy atom. The maximum Gasteiger partial charge on any atom is 0.255 e. The van der Waals surface area contributed by atoms with E-state index in [-0.39, 0.29) is 15.5 Å². The van der Waals surface area contributed by atoms with Crippen LogP contribution in [0.2, 0.25) is 10.0 Å². The topological polar surface area (TPSA) is 97.2 Å². The molecule has 0 aliphatic heterocycles. The van der Waals surface area contributed by atoms with Gasteiger partial charge in [-0.2, -0.15) is 5.10 Å². The molecule has 3 rings (SSSR count). The van der Waals surface area contributed by atoms with Crippen LogP contribution in [0, 0.1) is 0 Å². The van der Waals surface area contributed by atoms with Gasteiger partial charge in [0.25, 0.3) is 5.91 Å². The minimum atomic E-state index is -3.81. The second-order valence-electron chi connectivity index (χ2n) is 5.89. The zero-order chi connectivity index (χ0) is 20.5. The zero-order valence-electron chi connectivity index (χ0n) is 14.8. The number of carbonyl (C=O) groups is 1. The molecular formula is C17H15Cl2N5O3S. The molecule has 146 valence electrons. The van der Waals surface area contributed by atoms with Crippen molar-refractivity contribution < 1.29 is 13.2 Å². The maximum absolute atomic E-state index is 12.8. The highest BCUT2D eigenvalue weighted by Gasteiger charge is 2.23. The minimum Gasteiger partial charge on any atom is -0.320 e. The van der Waals surface area contributed by atoms with Crippen molar-refractivity contribution in [2.75, 3.05) is 19.4 Å². The predicted molar refractivity (Wildman–Crippen MR) is 107 cm³/mol. The van der Waals surface area contributed by atoms with E-state index in [0.717, 1.165) is 4.31 Å². The van der Waals surface area contributed by atoms with Gasteiger partial charge in [-0.1, -0.05) is 23.2 Å². The van der Waals surface area contributed by atoms with E-state index in [0.29, 0.717) is 16.4 Å². The molecule has 0 unspecified atom stereocenters. The molecule has 1 heterocycles. The Bertz CT molecular complexity index is 1130. The Kier molecular flexibility index (Phi) is 5.71. The summed E-state index contributed by atoms with van der Waals surface area (Å²) in [7, 11) is -1.04. The van der Waals surface area contributed by atoms with Crippen LogP contribution in [-0.4, -0.2) is 47.5 Å². The molecule has 28 heavy (non-hydrogen) atoms. The SMILES string of the molecule is CN(C)S(=O)(=O)c1cc(C(=O)Nc2cc(Cl)ccc2-n2cncn2)ccc1Cl. The third kappa shape index (κ3) is 4.02. The maximum atomic E-state index is 12.8. The van der Waals surface area contributed by atoms with Crippen molar-refractivity contribution in [1.82, 2.24) is 19.1 Å². The molecular weight excluding hydrogens is 425 g/mol. The van der Waals surface area contributed by atoms with Gasteiger partial charge in [0.1, 0.15) is 17.6 Å². The Morgan fingerprint density at radius 1 is 1.14 bits per heavy atom. The van der Waals surface area contributed by atoms with Crippen molar-refractivity contribution in [2.45, 2.75) is 4.90 Å². The first-order chi connectivity index (χ1) is 13.2. The number of rotatable bonds is 5. The Labute approximate surface area is 171 Å². The third-order valence-electron chi connectivity index (χ3n) is 3.82. The summed E-state index contributed by atoms with van der Waals surface area (Å²) in [5.41, 5.74) is 1.05. The fourth-order valence-corrected chi connectivity index (χ4v) is 3.94. The average Bonchev–Trinajstić information content (AvgIpc) is 3.16. The summed E-state index contributed by atoms with van der Waals surface area (Å²) in [6, 6.07) is 8.92. The minimum absolute atomic E-state index is 0.0244. The second kappa shape index (κ2) is 7.88. The number of benzene rings is 2. The fourth-order valence-electron chi connectivity index (χ4n) is 2.37. The Hall–Kier alpha value is -2.46. The number of anilines is 1. The summed E-state index contributed by atoms with van der Waals surface area (Å²) in [5.74, 6) is -0.532. The van der Waals surface area contributed by atoms with Gasteiger partial charge in [0, 0.05) is 24.7 Å². The summed E-state index contributed by atoms with van der Waals surface area (Å²) in [6.07, 6.45) is 2.83. The van der Waals surface area contributed by atoms with Gasteiger partial charge in [0.2, 0.25) is 10.0 Å². The predicted octanol–water partition coefficient (Wildman–Crippen LogP) is 3.08. The first kappa shape index (κ1) is 20.3. The van der Waals surface area contributed by atoms with Gasteiger partial charge in [-0.25, -0.2) is 22.4 Å². The highest BCUT2D eigenvalue weighted by Crippen LogP contribution is 2.27. The third-order valence-corrected chi connectivity index (χ3v) is 6.36. The van der Waals surface area contributed by atoms with Gasteiger partial charge >= 0.3 is 0 Å². The number of hydrogen-bond donors (Lipinski definition) is 1. The van der Waals surface area contributed by atoms with Gasteiger partial charge in [-0.3, -0.25) is 4.79 Å². The van der Waals surface area contributed by atoms with Crippen molar-refractivity contribution in [3.63, 3.8) is 0 Å². The first-order valence-electron chi connectivity index (χ1n) is 7.88. The van der Waals surface area contributed by atoms with E-state index in [1.54, 1.807) is 18.2 Å². The molecule has 0 bridgehead atoms. The number of nitrogens with one attached hydrogen (secondary N) is 1. The Balaban J connectivity index is 1.98. The van der Waals surface area contributed by atoms with Gasteiger partial charge < -0.3 is 5.32 Å². The van der Waals surface area contributed by atoms with E-state index in [4.69, 9.17) is 23.2 Å². The fraction of sp³-hybridized carbons (Fsp3) is 0.118. The van der Waals surface area contributed by atoms with Crippen LogP contribution < -0.4 is 5.32 Å². The molecule has 0 aliphatic carbocycles. The van der Waals surface area contributed by atoms with Crippen LogP contribution in [0.15, 0.2) is 53.9 Å². The largest absolute Gasteiger partial charge is 0.320 e. The van der Waals surface area contributed by atoms with Gasteiger partial charge in [0.15, 0.2) is 0 Å². The lowest BCUT2D eigenvalue weighted by molar-refractivity contribution is 0.102. The number of nitrogens with zero attached hydrogens (tertiary/aromatic N) is 4. The molecule has 2 aromatic carbocycles. The molecule has 1 N–H and O–H groups in total. The monoisotopic (exact) mass is 439 g/mol. The molecule has 0 saturated carbocycles. The quantitative estimate of drug-likeness (QED) is 0.658. The molecule has 0 aliphatic rings. The summed E-state index contributed by atoms with van der Waals surface area (Å²) >= 11 is 12.1. The van der Waals surface area contributed by atoms with Crippen LogP contribution in [0.1, 0.15) is 10.4 Å². The molecule has 8 nitrogen and oxygen atoms in total. The Morgan fingerprint density at radius 3 is 2.54 bits per heavy atom. The van der Waals surface area contributed by atoms with Crippen molar-refractivity contribution in [1.29, 1.82) is 0 Å². The normalized spacial score (nSPS) is 11.6. The summed E-state index contributed by atoms with van der Waals surface area (Å²) < 4.78 is 27.3. The van der Waals surface area contributed by atoms with E-state index >= 15 is 0 Å². The van der Waals surface area contributed by atoms with E-state index < -0.39 is 15.9 Å². The van der Waals surface area contributed by atoms with Crippen LogP contribution in [-0.2, 0) is 10.0 Å². The van der Waals surface area contributed by atoms with Gasteiger partial charge in [-0.15, -0.1) is 0 Å². The molecule has 0 radical (unpaired) electrons. The first-order valence-corrected chi connectivity index (χ1v) is 10.1. The molecule has 3 aromatic rings. The van der Waals surface area contributed by atoms with Crippen LogP contribution >= 0.6 is 23.2 Å². The number of aromatic nitrogens is 3. The summed E-state index contributed by atoms with van der Waals surface area (Å²) in [5, 5.41) is 7.20. The van der Waals surface area contributed by atoms with Gasteiger partial charge in [0.05, 0.1) is 16.4 Å². The molecule has 11 heteroatoms. The highest BCUT2D eigenvalue weighted by molar-refractivity contribution is 7.89. The number of hydrogen-bond acceptors (Lipinski definition) is 5. The van der Waals surface area contributed by atoms with Crippen LogP contribution in [0.4, 0.5) is 5.69 Å². The van der Waals surface area contributed by atoms with Crippen molar-refractivity contribution in [3.8, 4) is 5.69 Å². The van der Waals surface area contributed by atoms with E-state index in [1.165, 1.54) is 49.6 Å². The van der Waals surface area contributed by atoms with Crippen molar-refractivity contribution >= 4 is 44.8 Å². The van der Waals surface area contributed by atoms with Gasteiger partial charge in [-0.05, 0) is 36.4 Å². The van der Waals surface area contributed by atoms with Crippen molar-refractivity contribution in [2.24, 2.45) is 0 Å². The highest BCUT2D eigenvalue weighted by atomic mass is 35.5. The second-order valence-corrected chi connectivity index (χ2v) is 8.85. The lowest BCUT2D eigenvalue weighted by Crippen LogP contribution is -2.23. The van der Waals surface area contributed by atoms with Crippen LogP contribution in [0.25, 0.3) is 5.69 Å². The molecule has 1 amide bonds.